The summed E-state index contributed by atoms with van der Waals surface area (Å²) in [5.74, 6) is 0.0227. The van der Waals surface area contributed by atoms with Gasteiger partial charge in [-0.05, 0) is 29.0 Å². The van der Waals surface area contributed by atoms with Gasteiger partial charge < -0.3 is 10.3 Å². The van der Waals surface area contributed by atoms with Crippen LogP contribution in [-0.2, 0) is 11.2 Å². The molecule has 1 heterocycles. The number of aromatic amines is 1. The van der Waals surface area contributed by atoms with Crippen LogP contribution >= 0.6 is 0 Å². The second-order valence-corrected chi connectivity index (χ2v) is 7.74. The van der Waals surface area contributed by atoms with Gasteiger partial charge in [0.15, 0.2) is 0 Å². The first-order chi connectivity index (χ1) is 13.9. The molecule has 0 saturated carbocycles. The third-order valence-electron chi connectivity index (χ3n) is 5.17. The van der Waals surface area contributed by atoms with Gasteiger partial charge >= 0.3 is 0 Å². The summed E-state index contributed by atoms with van der Waals surface area (Å²) in [5, 5.41) is 15.3. The Kier molecular flexibility index (Phi) is 6.32. The molecule has 0 radical (unpaired) electrons. The topological polar surface area (TPSA) is 88.0 Å². The number of para-hydroxylation sites is 1. The van der Waals surface area contributed by atoms with Gasteiger partial charge in [0.2, 0.25) is 5.91 Å². The van der Waals surface area contributed by atoms with Crippen LogP contribution in [0.1, 0.15) is 49.8 Å². The van der Waals surface area contributed by atoms with E-state index in [4.69, 9.17) is 0 Å². The van der Waals surface area contributed by atoms with Gasteiger partial charge in [0.25, 0.3) is 5.69 Å². The third-order valence-corrected chi connectivity index (χ3v) is 5.17. The lowest BCUT2D eigenvalue weighted by atomic mass is 9.87. The molecule has 6 heteroatoms. The average Bonchev–Trinajstić information content (AvgIpc) is 3.14. The van der Waals surface area contributed by atoms with Crippen molar-refractivity contribution in [1.29, 1.82) is 0 Å². The molecule has 0 aliphatic rings. The Hall–Kier alpha value is -3.15. The largest absolute Gasteiger partial charge is 0.361 e. The van der Waals surface area contributed by atoms with E-state index in [0.717, 1.165) is 28.5 Å². The Bertz CT molecular complexity index is 1020. The lowest BCUT2D eigenvalue weighted by Gasteiger charge is -2.18. The molecule has 0 spiro atoms. The van der Waals surface area contributed by atoms with Crippen LogP contribution in [0.2, 0.25) is 0 Å². The van der Waals surface area contributed by atoms with Crippen LogP contribution in [0.25, 0.3) is 10.9 Å². The van der Waals surface area contributed by atoms with Crippen molar-refractivity contribution in [1.82, 2.24) is 10.3 Å². The Labute approximate surface area is 170 Å². The highest BCUT2D eigenvalue weighted by molar-refractivity contribution is 5.88. The number of hydrogen-bond donors (Lipinski definition) is 2. The number of carbonyl (C=O) groups excluding carboxylic acids is 1. The van der Waals surface area contributed by atoms with Crippen LogP contribution in [0, 0.1) is 16.0 Å². The summed E-state index contributed by atoms with van der Waals surface area (Å²) in [6, 6.07) is 12.7. The molecule has 0 aliphatic carbocycles. The maximum atomic E-state index is 12.6. The summed E-state index contributed by atoms with van der Waals surface area (Å²) in [6.45, 7) is 6.80. The van der Waals surface area contributed by atoms with Crippen LogP contribution in [0.4, 0.5) is 5.69 Å². The predicted molar refractivity (Wildman–Crippen MR) is 115 cm³/mol. The number of non-ortho nitro benzene ring substituents is 1. The molecule has 152 valence electrons. The normalized spacial score (nSPS) is 12.3. The number of nitro groups is 1. The highest BCUT2D eigenvalue weighted by Gasteiger charge is 2.23. The first-order valence-corrected chi connectivity index (χ1v) is 10.0. The fourth-order valence-corrected chi connectivity index (χ4v) is 3.66. The number of hydrogen-bond acceptors (Lipinski definition) is 3. The molecular formula is C23H27N3O3. The zero-order valence-corrected chi connectivity index (χ0v) is 17.1. The zero-order valence-electron chi connectivity index (χ0n) is 17.1. The van der Waals surface area contributed by atoms with Crippen LogP contribution in [0.15, 0.2) is 48.7 Å². The number of H-pyrrole nitrogens is 1. The molecule has 3 rings (SSSR count). The van der Waals surface area contributed by atoms with E-state index < -0.39 is 4.92 Å². The molecule has 2 aromatic carbocycles. The molecule has 1 atom stereocenters. The first-order valence-electron chi connectivity index (χ1n) is 10.0. The summed E-state index contributed by atoms with van der Waals surface area (Å²) >= 11 is 0. The molecule has 2 N–H and O–H groups in total. The number of amides is 1. The molecule has 6 nitrogen and oxygen atoms in total. The van der Waals surface area contributed by atoms with E-state index in [2.05, 4.69) is 23.3 Å². The van der Waals surface area contributed by atoms with E-state index in [9.17, 15) is 14.9 Å². The second-order valence-electron chi connectivity index (χ2n) is 7.74. The van der Waals surface area contributed by atoms with Crippen molar-refractivity contribution in [2.24, 2.45) is 5.92 Å². The fraction of sp³-hybridized carbons (Fsp3) is 0.348. The molecule has 3 aromatic rings. The summed E-state index contributed by atoms with van der Waals surface area (Å²) in [7, 11) is 0. The van der Waals surface area contributed by atoms with Gasteiger partial charge in [0.05, 0.1) is 4.92 Å². The fourth-order valence-electron chi connectivity index (χ4n) is 3.66. The van der Waals surface area contributed by atoms with Crippen molar-refractivity contribution in [3.8, 4) is 0 Å². The van der Waals surface area contributed by atoms with Crippen LogP contribution in [-0.4, -0.2) is 22.4 Å². The summed E-state index contributed by atoms with van der Waals surface area (Å²) in [6.07, 6.45) is 3.06. The summed E-state index contributed by atoms with van der Waals surface area (Å²) in [5.41, 5.74) is 4.04. The van der Waals surface area contributed by atoms with Crippen molar-refractivity contribution >= 4 is 22.5 Å². The highest BCUT2D eigenvalue weighted by Crippen LogP contribution is 2.35. The molecule has 0 saturated heterocycles. The lowest BCUT2D eigenvalue weighted by molar-refractivity contribution is -0.384. The van der Waals surface area contributed by atoms with Crippen molar-refractivity contribution in [2.45, 2.75) is 39.5 Å². The number of aryl methyl sites for hydroxylation is 1. The molecule has 1 amide bonds. The maximum Gasteiger partial charge on any atom is 0.269 e. The SMILES string of the molecule is CCc1cccc2c(C(CC(=O)NCC(C)C)c3cccc([N+](=O)[O-])c3)c[nH]c12. The van der Waals surface area contributed by atoms with E-state index in [-0.39, 0.29) is 23.9 Å². The van der Waals surface area contributed by atoms with Gasteiger partial charge in [-0.1, -0.05) is 51.1 Å². The molecule has 0 bridgehead atoms. The standard InChI is InChI=1S/C23H27N3O3/c1-4-16-7-6-10-19-21(14-25-23(16)19)20(12-22(27)24-13-15(2)3)17-8-5-9-18(11-17)26(28)29/h5-11,14-15,20,25H,4,12-13H2,1-3H3,(H,24,27). The van der Waals surface area contributed by atoms with Gasteiger partial charge in [-0.2, -0.15) is 0 Å². The van der Waals surface area contributed by atoms with Gasteiger partial charge in [0, 0.05) is 48.1 Å². The van der Waals surface area contributed by atoms with E-state index in [1.54, 1.807) is 12.1 Å². The Morgan fingerprint density at radius 2 is 1.97 bits per heavy atom. The van der Waals surface area contributed by atoms with Gasteiger partial charge in [0.1, 0.15) is 0 Å². The van der Waals surface area contributed by atoms with E-state index in [1.807, 2.05) is 38.2 Å². The minimum absolute atomic E-state index is 0.0316. The van der Waals surface area contributed by atoms with E-state index in [0.29, 0.717) is 12.5 Å². The summed E-state index contributed by atoms with van der Waals surface area (Å²) in [4.78, 5) is 26.9. The molecule has 29 heavy (non-hydrogen) atoms. The number of fused-ring (bicyclic) bond motifs is 1. The smallest absolute Gasteiger partial charge is 0.269 e. The molecule has 0 aliphatic heterocycles. The number of aromatic nitrogens is 1. The van der Waals surface area contributed by atoms with Gasteiger partial charge in [-0.25, -0.2) is 0 Å². The van der Waals surface area contributed by atoms with Crippen LogP contribution in [0.3, 0.4) is 0 Å². The molecule has 0 fully saturated rings. The van der Waals surface area contributed by atoms with Crippen molar-refractivity contribution in [3.05, 3.63) is 75.5 Å². The number of benzene rings is 2. The van der Waals surface area contributed by atoms with E-state index >= 15 is 0 Å². The predicted octanol–water partition coefficient (Wildman–Crippen LogP) is 4.93. The van der Waals surface area contributed by atoms with Crippen LogP contribution in [0.5, 0.6) is 0 Å². The monoisotopic (exact) mass is 393 g/mol. The van der Waals surface area contributed by atoms with Crippen molar-refractivity contribution < 1.29 is 9.72 Å². The van der Waals surface area contributed by atoms with Gasteiger partial charge in [-0.15, -0.1) is 0 Å². The number of nitro benzene ring substituents is 1. The van der Waals surface area contributed by atoms with Crippen molar-refractivity contribution in [3.63, 3.8) is 0 Å². The Morgan fingerprint density at radius 3 is 2.66 bits per heavy atom. The quantitative estimate of drug-likeness (QED) is 0.420. The molecule has 1 aromatic heterocycles. The minimum Gasteiger partial charge on any atom is -0.361 e. The molecular weight excluding hydrogens is 366 g/mol. The van der Waals surface area contributed by atoms with Crippen molar-refractivity contribution in [2.75, 3.05) is 6.54 Å². The number of carbonyl (C=O) groups is 1. The average molecular weight is 393 g/mol. The number of rotatable bonds is 8. The minimum atomic E-state index is -0.399. The first kappa shape index (κ1) is 20.6. The Morgan fingerprint density at radius 1 is 1.21 bits per heavy atom. The highest BCUT2D eigenvalue weighted by atomic mass is 16.6. The van der Waals surface area contributed by atoms with Gasteiger partial charge in [-0.3, -0.25) is 14.9 Å². The lowest BCUT2D eigenvalue weighted by Crippen LogP contribution is -2.28. The number of nitrogens with one attached hydrogen (secondary N) is 2. The maximum absolute atomic E-state index is 12.6. The van der Waals surface area contributed by atoms with Crippen LogP contribution < -0.4 is 5.32 Å². The van der Waals surface area contributed by atoms with E-state index in [1.165, 1.54) is 11.6 Å². The zero-order chi connectivity index (χ0) is 21.0. The Balaban J connectivity index is 2.05. The molecule has 1 unspecified atom stereocenters. The second kappa shape index (κ2) is 8.90. The summed E-state index contributed by atoms with van der Waals surface area (Å²) < 4.78 is 0. The number of nitrogens with zero attached hydrogens (tertiary/aromatic N) is 1. The third kappa shape index (κ3) is 4.65.